The maximum absolute atomic E-state index is 12.4. The van der Waals surface area contributed by atoms with Crippen molar-refractivity contribution in [1.29, 1.82) is 0 Å². The molecule has 1 aromatic rings. The Labute approximate surface area is 177 Å². The molecule has 29 heavy (non-hydrogen) atoms. The van der Waals surface area contributed by atoms with Gasteiger partial charge in [-0.15, -0.1) is 0 Å². The van der Waals surface area contributed by atoms with E-state index in [4.69, 9.17) is 13.7 Å². The van der Waals surface area contributed by atoms with Crippen LogP contribution in [0.1, 0.15) is 38.2 Å². The van der Waals surface area contributed by atoms with Gasteiger partial charge in [0.05, 0.1) is 20.3 Å². The van der Waals surface area contributed by atoms with Gasteiger partial charge in [0, 0.05) is 23.5 Å². The average Bonchev–Trinajstić information content (AvgIpc) is 2.73. The molecule has 3 rings (SSSR count). The Bertz CT molecular complexity index is 695. The first kappa shape index (κ1) is 22.0. The Morgan fingerprint density at radius 1 is 1.14 bits per heavy atom. The first-order chi connectivity index (χ1) is 14.0. The summed E-state index contributed by atoms with van der Waals surface area (Å²) in [5, 5.41) is 0. The number of benzene rings is 1. The maximum atomic E-state index is 12.4. The number of hydrogen-bond acceptors (Lipinski definition) is 6. The molecule has 1 saturated carbocycles. The number of rotatable bonds is 6. The molecule has 0 radical (unpaired) electrons. The second-order valence-corrected chi connectivity index (χ2v) is 8.88. The molecule has 6 nitrogen and oxygen atoms in total. The molecule has 0 bridgehead atoms. The molecule has 2 aliphatic rings. The number of aryl methyl sites for hydroxylation is 1. The summed E-state index contributed by atoms with van der Waals surface area (Å²) in [5.41, 5.74) is 1.24. The summed E-state index contributed by atoms with van der Waals surface area (Å²) in [7, 11) is 1.36. The summed E-state index contributed by atoms with van der Waals surface area (Å²) in [6.45, 7) is 5.43. The molecular formula is C22H31NO5S. The van der Waals surface area contributed by atoms with E-state index >= 15 is 0 Å². The fraction of sp³-hybridized carbons (Fsp3) is 0.636. The summed E-state index contributed by atoms with van der Waals surface area (Å²) in [4.78, 5) is 27.3. The number of piperidine rings is 1. The molecule has 1 aliphatic heterocycles. The van der Waals surface area contributed by atoms with E-state index in [-0.39, 0.29) is 5.97 Å². The van der Waals surface area contributed by atoms with Gasteiger partial charge < -0.3 is 13.7 Å². The van der Waals surface area contributed by atoms with Crippen molar-refractivity contribution in [2.45, 2.75) is 50.5 Å². The molecule has 0 aromatic heterocycles. The molecule has 4 unspecified atom stereocenters. The predicted molar refractivity (Wildman–Crippen MR) is 111 cm³/mol. The SMILES string of the molecule is CCOC(=O)C1CC2CC(COSc3ccc(C)cc3)CCC2CN1C(=O)OC. The smallest absolute Gasteiger partial charge is 0.410 e. The minimum atomic E-state index is -0.551. The summed E-state index contributed by atoms with van der Waals surface area (Å²) in [6.07, 6.45) is 3.33. The minimum Gasteiger partial charge on any atom is -0.464 e. The number of esters is 1. The lowest BCUT2D eigenvalue weighted by Gasteiger charge is -2.46. The van der Waals surface area contributed by atoms with Gasteiger partial charge >= 0.3 is 12.1 Å². The molecule has 1 saturated heterocycles. The number of hydrogen-bond donors (Lipinski definition) is 0. The van der Waals surface area contributed by atoms with Crippen LogP contribution in [-0.4, -0.2) is 49.9 Å². The Hall–Kier alpha value is -1.73. The summed E-state index contributed by atoms with van der Waals surface area (Å²) >= 11 is 1.43. The second kappa shape index (κ2) is 10.3. The van der Waals surface area contributed by atoms with E-state index in [0.717, 1.165) is 24.2 Å². The van der Waals surface area contributed by atoms with Crippen molar-refractivity contribution >= 4 is 24.1 Å². The highest BCUT2D eigenvalue weighted by molar-refractivity contribution is 7.94. The average molecular weight is 422 g/mol. The zero-order valence-electron chi connectivity index (χ0n) is 17.5. The van der Waals surface area contributed by atoms with E-state index in [1.54, 1.807) is 11.8 Å². The van der Waals surface area contributed by atoms with Crippen LogP contribution in [0.4, 0.5) is 4.79 Å². The number of amides is 1. The van der Waals surface area contributed by atoms with E-state index in [2.05, 4.69) is 31.2 Å². The van der Waals surface area contributed by atoms with Crippen molar-refractivity contribution in [3.05, 3.63) is 29.8 Å². The van der Waals surface area contributed by atoms with Crippen molar-refractivity contribution in [2.75, 3.05) is 26.9 Å². The fourth-order valence-electron chi connectivity index (χ4n) is 4.47. The number of methoxy groups -OCH3 is 1. The van der Waals surface area contributed by atoms with Crippen molar-refractivity contribution < 1.29 is 23.2 Å². The number of carbonyl (C=O) groups excluding carboxylic acids is 2. The highest BCUT2D eigenvalue weighted by Gasteiger charge is 2.44. The van der Waals surface area contributed by atoms with Gasteiger partial charge in [0.15, 0.2) is 0 Å². The molecule has 4 atom stereocenters. The second-order valence-electron chi connectivity index (χ2n) is 8.01. The molecule has 7 heteroatoms. The first-order valence-electron chi connectivity index (χ1n) is 10.4. The van der Waals surface area contributed by atoms with Gasteiger partial charge in [-0.05, 0) is 69.4 Å². The van der Waals surface area contributed by atoms with Crippen LogP contribution in [0.2, 0.25) is 0 Å². The Morgan fingerprint density at radius 2 is 1.90 bits per heavy atom. The maximum Gasteiger partial charge on any atom is 0.410 e. The zero-order valence-corrected chi connectivity index (χ0v) is 18.3. The molecular weight excluding hydrogens is 390 g/mol. The van der Waals surface area contributed by atoms with Gasteiger partial charge in [0.2, 0.25) is 0 Å². The Morgan fingerprint density at radius 3 is 2.59 bits per heavy atom. The van der Waals surface area contributed by atoms with Crippen LogP contribution in [0.25, 0.3) is 0 Å². The molecule has 160 valence electrons. The monoisotopic (exact) mass is 421 g/mol. The first-order valence-corrected chi connectivity index (χ1v) is 11.1. The van der Waals surface area contributed by atoms with Crippen LogP contribution < -0.4 is 0 Å². The lowest BCUT2D eigenvalue weighted by molar-refractivity contribution is -0.152. The number of nitrogens with zero attached hydrogens (tertiary/aromatic N) is 1. The third-order valence-electron chi connectivity index (χ3n) is 6.03. The van der Waals surface area contributed by atoms with Crippen LogP contribution >= 0.6 is 12.0 Å². The van der Waals surface area contributed by atoms with E-state index in [1.807, 2.05) is 0 Å². The van der Waals surface area contributed by atoms with Gasteiger partial charge in [-0.2, -0.15) is 0 Å². The lowest BCUT2D eigenvalue weighted by Crippen LogP contribution is -2.55. The highest BCUT2D eigenvalue weighted by Crippen LogP contribution is 2.42. The lowest BCUT2D eigenvalue weighted by atomic mass is 9.69. The van der Waals surface area contributed by atoms with Gasteiger partial charge in [-0.1, -0.05) is 17.7 Å². The van der Waals surface area contributed by atoms with Gasteiger partial charge in [-0.25, -0.2) is 9.59 Å². The van der Waals surface area contributed by atoms with E-state index in [0.29, 0.717) is 43.9 Å². The minimum absolute atomic E-state index is 0.311. The van der Waals surface area contributed by atoms with Crippen LogP contribution in [0, 0.1) is 24.7 Å². The quantitative estimate of drug-likeness (QED) is 0.499. The number of ether oxygens (including phenoxy) is 2. The Kier molecular flexibility index (Phi) is 7.84. The fourth-order valence-corrected chi connectivity index (χ4v) is 5.12. The molecule has 1 heterocycles. The van der Waals surface area contributed by atoms with Crippen molar-refractivity contribution in [3.63, 3.8) is 0 Å². The van der Waals surface area contributed by atoms with Crippen LogP contribution in [0.15, 0.2) is 29.2 Å². The molecule has 1 aromatic carbocycles. The predicted octanol–water partition coefficient (Wildman–Crippen LogP) is 4.46. The van der Waals surface area contributed by atoms with Crippen LogP contribution in [0.3, 0.4) is 0 Å². The van der Waals surface area contributed by atoms with Crippen molar-refractivity contribution in [3.8, 4) is 0 Å². The molecule has 0 N–H and O–H groups in total. The largest absolute Gasteiger partial charge is 0.464 e. The molecule has 0 spiro atoms. The zero-order chi connectivity index (χ0) is 20.8. The van der Waals surface area contributed by atoms with Gasteiger partial charge in [0.1, 0.15) is 6.04 Å². The summed E-state index contributed by atoms with van der Waals surface area (Å²) in [5.74, 6) is 0.948. The number of carbonyl (C=O) groups is 2. The van der Waals surface area contributed by atoms with Crippen molar-refractivity contribution in [2.24, 2.45) is 17.8 Å². The van der Waals surface area contributed by atoms with Crippen LogP contribution in [-0.2, 0) is 18.5 Å². The van der Waals surface area contributed by atoms with Crippen molar-refractivity contribution in [1.82, 2.24) is 4.90 Å². The normalized spacial score (nSPS) is 26.5. The summed E-state index contributed by atoms with van der Waals surface area (Å²) < 4.78 is 16.0. The van der Waals surface area contributed by atoms with Gasteiger partial charge in [-0.3, -0.25) is 4.90 Å². The van der Waals surface area contributed by atoms with Gasteiger partial charge in [0.25, 0.3) is 0 Å². The molecule has 1 aliphatic carbocycles. The molecule has 2 fully saturated rings. The third-order valence-corrected chi connectivity index (χ3v) is 6.75. The standard InChI is InChI=1S/C22H31NO5S/c1-4-27-21(24)20-12-18-11-16(7-8-17(18)13-23(20)22(25)26-3)14-28-29-19-9-5-15(2)6-10-19/h5-6,9-10,16-18,20H,4,7-8,11-14H2,1-3H3. The topological polar surface area (TPSA) is 65.1 Å². The highest BCUT2D eigenvalue weighted by atomic mass is 32.2. The van der Waals surface area contributed by atoms with E-state index in [9.17, 15) is 9.59 Å². The third kappa shape index (κ3) is 5.66. The number of likely N-dealkylation sites (tertiary alicyclic amines) is 1. The van der Waals surface area contributed by atoms with E-state index in [1.165, 1.54) is 24.7 Å². The van der Waals surface area contributed by atoms with Crippen LogP contribution in [0.5, 0.6) is 0 Å². The van der Waals surface area contributed by atoms with E-state index < -0.39 is 12.1 Å². The summed E-state index contributed by atoms with van der Waals surface area (Å²) in [6, 6.07) is 7.76. The number of fused-ring (bicyclic) bond motifs is 1. The molecule has 1 amide bonds. The Balaban J connectivity index is 1.55.